The van der Waals surface area contributed by atoms with Crippen LogP contribution in [-0.4, -0.2) is 31.1 Å². The lowest BCUT2D eigenvalue weighted by Gasteiger charge is -2.18. The Kier molecular flexibility index (Phi) is 5.20. The van der Waals surface area contributed by atoms with Crippen molar-refractivity contribution in [2.45, 2.75) is 6.54 Å². The lowest BCUT2D eigenvalue weighted by molar-refractivity contribution is -0.125. The Morgan fingerprint density at radius 2 is 1.83 bits per heavy atom. The predicted molar refractivity (Wildman–Crippen MR) is 97.1 cm³/mol. The number of fused-ring (bicyclic) bond motifs is 1. The summed E-state index contributed by atoms with van der Waals surface area (Å²) in [5, 5.41) is 0. The number of rotatable bonds is 4. The zero-order valence-corrected chi connectivity index (χ0v) is 15.0. The Labute approximate surface area is 149 Å². The molecule has 0 unspecified atom stereocenters. The summed E-state index contributed by atoms with van der Waals surface area (Å²) in [4.78, 5) is 13.9. The topological polar surface area (TPSA) is 38.8 Å². The summed E-state index contributed by atoms with van der Waals surface area (Å²) in [6, 6.07) is 13.6. The first kappa shape index (κ1) is 16.6. The van der Waals surface area contributed by atoms with E-state index in [0.717, 1.165) is 27.1 Å². The Hall–Kier alpha value is -2.27. The molecule has 1 amide bonds. The van der Waals surface area contributed by atoms with Gasteiger partial charge in [-0.25, -0.2) is 0 Å². The maximum absolute atomic E-state index is 12.3. The first-order valence-corrected chi connectivity index (χ1v) is 8.48. The van der Waals surface area contributed by atoms with E-state index in [4.69, 9.17) is 9.47 Å². The van der Waals surface area contributed by atoms with Crippen molar-refractivity contribution in [1.82, 2.24) is 4.90 Å². The van der Waals surface area contributed by atoms with Gasteiger partial charge in [0.05, 0.1) is 0 Å². The van der Waals surface area contributed by atoms with Gasteiger partial charge in [-0.2, -0.15) is 0 Å². The fourth-order valence-electron chi connectivity index (χ4n) is 2.40. The van der Waals surface area contributed by atoms with Crippen LogP contribution in [0.15, 0.2) is 53.0 Å². The van der Waals surface area contributed by atoms with Crippen molar-refractivity contribution in [3.05, 3.63) is 64.1 Å². The standard InChI is InChI=1S/C19H18BrNO3/c1-21(13-15-2-6-16(20)7-3-15)19(22)9-5-14-4-8-17-18(12-14)24-11-10-23-17/h2-9,12H,10-11,13H2,1H3/b9-5+. The molecule has 2 aromatic rings. The van der Waals surface area contributed by atoms with Crippen LogP contribution in [0.25, 0.3) is 6.08 Å². The number of hydrogen-bond donors (Lipinski definition) is 0. The Bertz CT molecular complexity index is 756. The molecule has 0 bridgehead atoms. The van der Waals surface area contributed by atoms with Gasteiger partial charge in [0.15, 0.2) is 11.5 Å². The molecule has 0 aromatic heterocycles. The van der Waals surface area contributed by atoms with Crippen molar-refractivity contribution < 1.29 is 14.3 Å². The van der Waals surface area contributed by atoms with Gasteiger partial charge in [-0.05, 0) is 41.5 Å². The molecule has 0 atom stereocenters. The quantitative estimate of drug-likeness (QED) is 0.746. The SMILES string of the molecule is CN(Cc1ccc(Br)cc1)C(=O)/C=C/c1ccc2c(c1)OCCO2. The Morgan fingerprint density at radius 3 is 2.58 bits per heavy atom. The van der Waals surface area contributed by atoms with Gasteiger partial charge in [0.1, 0.15) is 13.2 Å². The van der Waals surface area contributed by atoms with Crippen LogP contribution in [0.2, 0.25) is 0 Å². The summed E-state index contributed by atoms with van der Waals surface area (Å²) < 4.78 is 12.1. The van der Waals surface area contributed by atoms with E-state index in [0.29, 0.717) is 19.8 Å². The van der Waals surface area contributed by atoms with Gasteiger partial charge in [0.25, 0.3) is 0 Å². The van der Waals surface area contributed by atoms with Gasteiger partial charge >= 0.3 is 0 Å². The molecule has 24 heavy (non-hydrogen) atoms. The molecule has 1 heterocycles. The summed E-state index contributed by atoms with van der Waals surface area (Å²) in [6.45, 7) is 1.69. The van der Waals surface area contributed by atoms with Crippen molar-refractivity contribution in [3.63, 3.8) is 0 Å². The number of halogens is 1. The molecule has 0 aliphatic carbocycles. The summed E-state index contributed by atoms with van der Waals surface area (Å²) in [5.41, 5.74) is 1.99. The van der Waals surface area contributed by atoms with Crippen molar-refractivity contribution in [2.75, 3.05) is 20.3 Å². The molecule has 0 fully saturated rings. The average molecular weight is 388 g/mol. The number of hydrogen-bond acceptors (Lipinski definition) is 3. The minimum absolute atomic E-state index is 0.0483. The van der Waals surface area contributed by atoms with E-state index in [9.17, 15) is 4.79 Å². The molecule has 1 aliphatic rings. The second-order valence-corrected chi connectivity index (χ2v) is 6.47. The monoisotopic (exact) mass is 387 g/mol. The van der Waals surface area contributed by atoms with E-state index >= 15 is 0 Å². The molecule has 0 N–H and O–H groups in total. The third-order valence-corrected chi connectivity index (χ3v) is 4.22. The molecule has 0 spiro atoms. The fourth-order valence-corrected chi connectivity index (χ4v) is 2.66. The van der Waals surface area contributed by atoms with Crippen molar-refractivity contribution >= 4 is 27.9 Å². The van der Waals surface area contributed by atoms with E-state index in [-0.39, 0.29) is 5.91 Å². The molecule has 3 rings (SSSR count). The molecule has 124 valence electrons. The van der Waals surface area contributed by atoms with Crippen LogP contribution in [-0.2, 0) is 11.3 Å². The van der Waals surface area contributed by atoms with Crippen LogP contribution < -0.4 is 9.47 Å². The van der Waals surface area contributed by atoms with Gasteiger partial charge < -0.3 is 14.4 Å². The fraction of sp³-hybridized carbons (Fsp3) is 0.211. The zero-order valence-electron chi connectivity index (χ0n) is 13.4. The number of carbonyl (C=O) groups excluding carboxylic acids is 1. The normalized spacial score (nSPS) is 13.1. The van der Waals surface area contributed by atoms with Crippen molar-refractivity contribution in [1.29, 1.82) is 0 Å². The van der Waals surface area contributed by atoms with Crippen LogP contribution in [0, 0.1) is 0 Å². The first-order chi connectivity index (χ1) is 11.6. The predicted octanol–water partition coefficient (Wildman–Crippen LogP) is 3.89. The molecule has 0 saturated heterocycles. The minimum Gasteiger partial charge on any atom is -0.486 e. The number of carbonyl (C=O) groups is 1. The molecular formula is C19H18BrNO3. The molecule has 0 radical (unpaired) electrons. The van der Waals surface area contributed by atoms with E-state index < -0.39 is 0 Å². The van der Waals surface area contributed by atoms with Crippen molar-refractivity contribution in [3.8, 4) is 11.5 Å². The highest BCUT2D eigenvalue weighted by molar-refractivity contribution is 9.10. The highest BCUT2D eigenvalue weighted by atomic mass is 79.9. The van der Waals surface area contributed by atoms with Crippen LogP contribution >= 0.6 is 15.9 Å². The summed E-state index contributed by atoms with van der Waals surface area (Å²) in [5.74, 6) is 1.42. The number of nitrogens with zero attached hydrogens (tertiary/aromatic N) is 1. The Balaban J connectivity index is 1.63. The van der Waals surface area contributed by atoms with Gasteiger partial charge in [-0.1, -0.05) is 34.1 Å². The number of likely N-dealkylation sites (N-methyl/N-ethyl adjacent to an activating group) is 1. The van der Waals surface area contributed by atoms with Crippen molar-refractivity contribution in [2.24, 2.45) is 0 Å². The van der Waals surface area contributed by atoms with E-state index in [1.807, 2.05) is 42.5 Å². The van der Waals surface area contributed by atoms with E-state index in [2.05, 4.69) is 15.9 Å². The highest BCUT2D eigenvalue weighted by Crippen LogP contribution is 2.31. The molecule has 2 aromatic carbocycles. The number of ether oxygens (including phenoxy) is 2. The van der Waals surface area contributed by atoms with E-state index in [1.54, 1.807) is 24.1 Å². The number of benzene rings is 2. The largest absolute Gasteiger partial charge is 0.486 e. The minimum atomic E-state index is -0.0483. The first-order valence-electron chi connectivity index (χ1n) is 7.69. The summed E-state index contributed by atoms with van der Waals surface area (Å²) in [6.07, 6.45) is 3.36. The van der Waals surface area contributed by atoms with Crippen LogP contribution in [0.5, 0.6) is 11.5 Å². The lowest BCUT2D eigenvalue weighted by atomic mass is 10.1. The Morgan fingerprint density at radius 1 is 1.12 bits per heavy atom. The molecule has 5 heteroatoms. The maximum Gasteiger partial charge on any atom is 0.246 e. The van der Waals surface area contributed by atoms with Gasteiger partial charge in [-0.3, -0.25) is 4.79 Å². The van der Waals surface area contributed by atoms with Crippen LogP contribution in [0.1, 0.15) is 11.1 Å². The molecule has 0 saturated carbocycles. The third kappa shape index (κ3) is 4.17. The van der Waals surface area contributed by atoms with E-state index in [1.165, 1.54) is 0 Å². The van der Waals surface area contributed by atoms with Crippen LogP contribution in [0.4, 0.5) is 0 Å². The zero-order chi connectivity index (χ0) is 16.9. The second-order valence-electron chi connectivity index (χ2n) is 5.56. The highest BCUT2D eigenvalue weighted by Gasteiger charge is 2.11. The number of amides is 1. The molecule has 4 nitrogen and oxygen atoms in total. The summed E-state index contributed by atoms with van der Waals surface area (Å²) >= 11 is 3.41. The smallest absolute Gasteiger partial charge is 0.246 e. The van der Waals surface area contributed by atoms with Gasteiger partial charge in [-0.15, -0.1) is 0 Å². The average Bonchev–Trinajstić information content (AvgIpc) is 2.61. The molecular weight excluding hydrogens is 370 g/mol. The third-order valence-electron chi connectivity index (χ3n) is 3.69. The van der Waals surface area contributed by atoms with Crippen LogP contribution in [0.3, 0.4) is 0 Å². The summed E-state index contributed by atoms with van der Waals surface area (Å²) in [7, 11) is 1.79. The maximum atomic E-state index is 12.3. The second kappa shape index (κ2) is 7.53. The van der Waals surface area contributed by atoms with Gasteiger partial charge in [0, 0.05) is 24.1 Å². The molecule has 1 aliphatic heterocycles. The lowest BCUT2D eigenvalue weighted by Crippen LogP contribution is -2.24. The van der Waals surface area contributed by atoms with Gasteiger partial charge in [0.2, 0.25) is 5.91 Å².